The van der Waals surface area contributed by atoms with E-state index in [0.29, 0.717) is 6.54 Å². The van der Waals surface area contributed by atoms with Gasteiger partial charge in [-0.1, -0.05) is 12.1 Å². The number of carbonyl (C=O) groups is 3. The molecule has 0 radical (unpaired) electrons. The van der Waals surface area contributed by atoms with Crippen molar-refractivity contribution < 1.29 is 28.6 Å². The second kappa shape index (κ2) is 6.93. The van der Waals surface area contributed by atoms with Gasteiger partial charge < -0.3 is 19.6 Å². The van der Waals surface area contributed by atoms with Crippen molar-refractivity contribution in [3.63, 3.8) is 0 Å². The number of hydrogen-bond donors (Lipinski definition) is 1. The summed E-state index contributed by atoms with van der Waals surface area (Å²) < 4.78 is 19.3. The minimum atomic E-state index is -2.39. The van der Waals surface area contributed by atoms with Crippen LogP contribution in [0, 0.1) is 5.92 Å². The molecule has 7 nitrogen and oxygen atoms in total. The highest BCUT2D eigenvalue weighted by Gasteiger charge is 2.48. The number of hydrogen-bond acceptors (Lipinski definition) is 4. The number of carboxylic acid groups (broad SMARTS) is 1. The van der Waals surface area contributed by atoms with Crippen LogP contribution in [0.4, 0.5) is 4.39 Å². The highest BCUT2D eigenvalue weighted by Crippen LogP contribution is 2.29. The number of nitrogens with zero attached hydrogens (tertiary/aromatic N) is 2. The van der Waals surface area contributed by atoms with Crippen molar-refractivity contribution >= 4 is 17.8 Å². The third-order valence-corrected chi connectivity index (χ3v) is 5.01. The molecule has 2 unspecified atom stereocenters. The molecule has 0 aliphatic carbocycles. The van der Waals surface area contributed by atoms with E-state index in [4.69, 9.17) is 9.84 Å². The number of aliphatic carboxylic acids is 1. The van der Waals surface area contributed by atoms with E-state index in [1.807, 2.05) is 12.1 Å². The number of ether oxygens (including phenoxy) is 1. The van der Waals surface area contributed by atoms with Crippen LogP contribution in [0.3, 0.4) is 0 Å². The van der Waals surface area contributed by atoms with Gasteiger partial charge in [0, 0.05) is 32.5 Å². The molecule has 1 aromatic rings. The van der Waals surface area contributed by atoms with Crippen LogP contribution in [0.25, 0.3) is 0 Å². The summed E-state index contributed by atoms with van der Waals surface area (Å²) in [6, 6.07) is 7.31. The van der Waals surface area contributed by atoms with E-state index in [2.05, 4.69) is 0 Å². The lowest BCUT2D eigenvalue weighted by molar-refractivity contribution is -0.150. The monoisotopic (exact) mass is 364 g/mol. The SMILES string of the molecule is COc1ccc(CN2CC(C(=O)N3CCC(F)(C(=O)O)C3)CC2=O)cc1. The molecule has 2 heterocycles. The third kappa shape index (κ3) is 3.49. The Balaban J connectivity index is 1.60. The lowest BCUT2D eigenvalue weighted by Crippen LogP contribution is -2.41. The number of alkyl halides is 1. The maximum atomic E-state index is 14.2. The van der Waals surface area contributed by atoms with Crippen LogP contribution in [0.5, 0.6) is 5.75 Å². The number of rotatable bonds is 5. The van der Waals surface area contributed by atoms with E-state index in [1.165, 1.54) is 4.90 Å². The van der Waals surface area contributed by atoms with Gasteiger partial charge in [0.05, 0.1) is 19.6 Å². The van der Waals surface area contributed by atoms with Gasteiger partial charge in [0.15, 0.2) is 0 Å². The highest BCUT2D eigenvalue weighted by molar-refractivity contribution is 5.90. The zero-order valence-electron chi connectivity index (χ0n) is 14.5. The second-order valence-electron chi connectivity index (χ2n) is 6.80. The van der Waals surface area contributed by atoms with E-state index < -0.39 is 24.1 Å². The Bertz CT molecular complexity index is 723. The van der Waals surface area contributed by atoms with E-state index in [-0.39, 0.29) is 37.7 Å². The maximum Gasteiger partial charge on any atom is 0.343 e. The molecular weight excluding hydrogens is 343 g/mol. The van der Waals surface area contributed by atoms with Crippen molar-refractivity contribution in [2.75, 3.05) is 26.7 Å². The van der Waals surface area contributed by atoms with Crippen LogP contribution in [-0.4, -0.2) is 65.1 Å². The van der Waals surface area contributed by atoms with E-state index in [0.717, 1.165) is 11.3 Å². The van der Waals surface area contributed by atoms with Crippen molar-refractivity contribution in [2.45, 2.75) is 25.1 Å². The van der Waals surface area contributed by atoms with Gasteiger partial charge in [0.1, 0.15) is 5.75 Å². The first-order valence-corrected chi connectivity index (χ1v) is 8.44. The van der Waals surface area contributed by atoms with Gasteiger partial charge in [-0.25, -0.2) is 9.18 Å². The normalized spacial score (nSPS) is 25.6. The Hall–Kier alpha value is -2.64. The van der Waals surface area contributed by atoms with Crippen LogP contribution in [0.15, 0.2) is 24.3 Å². The van der Waals surface area contributed by atoms with Crippen LogP contribution < -0.4 is 4.74 Å². The van der Waals surface area contributed by atoms with Crippen LogP contribution in [0.1, 0.15) is 18.4 Å². The third-order valence-electron chi connectivity index (χ3n) is 5.01. The zero-order valence-corrected chi connectivity index (χ0v) is 14.5. The molecule has 140 valence electrons. The summed E-state index contributed by atoms with van der Waals surface area (Å²) in [5.74, 6) is -1.87. The number of carboxylic acids is 1. The van der Waals surface area contributed by atoms with Crippen molar-refractivity contribution in [3.05, 3.63) is 29.8 Å². The molecule has 2 aliphatic heterocycles. The summed E-state index contributed by atoms with van der Waals surface area (Å²) in [4.78, 5) is 38.6. The molecule has 8 heteroatoms. The Labute approximate surface area is 150 Å². The second-order valence-corrected chi connectivity index (χ2v) is 6.80. The summed E-state index contributed by atoms with van der Waals surface area (Å²) in [6.07, 6.45) is -0.151. The van der Waals surface area contributed by atoms with Gasteiger partial charge >= 0.3 is 5.97 Å². The lowest BCUT2D eigenvalue weighted by Gasteiger charge is -2.21. The number of amides is 2. The van der Waals surface area contributed by atoms with E-state index in [9.17, 15) is 18.8 Å². The van der Waals surface area contributed by atoms with E-state index in [1.54, 1.807) is 24.1 Å². The van der Waals surface area contributed by atoms with Gasteiger partial charge in [-0.2, -0.15) is 0 Å². The molecule has 2 fully saturated rings. The fourth-order valence-electron chi connectivity index (χ4n) is 3.44. The fourth-order valence-corrected chi connectivity index (χ4v) is 3.44. The molecule has 0 spiro atoms. The molecule has 2 saturated heterocycles. The van der Waals surface area contributed by atoms with E-state index >= 15 is 0 Å². The quantitative estimate of drug-likeness (QED) is 0.845. The Kier molecular flexibility index (Phi) is 4.84. The fraction of sp³-hybridized carbons (Fsp3) is 0.500. The molecule has 1 N–H and O–H groups in total. The number of halogens is 1. The summed E-state index contributed by atoms with van der Waals surface area (Å²) in [7, 11) is 1.57. The predicted octanol–water partition coefficient (Wildman–Crippen LogP) is 1.07. The van der Waals surface area contributed by atoms with Crippen molar-refractivity contribution in [2.24, 2.45) is 5.92 Å². The minimum absolute atomic E-state index is 0.0603. The van der Waals surface area contributed by atoms with Crippen LogP contribution in [-0.2, 0) is 20.9 Å². The van der Waals surface area contributed by atoms with Crippen molar-refractivity contribution in [1.82, 2.24) is 9.80 Å². The summed E-state index contributed by atoms with van der Waals surface area (Å²) in [5, 5.41) is 8.94. The first-order chi connectivity index (χ1) is 12.3. The number of carbonyl (C=O) groups excluding carboxylic acids is 2. The molecule has 2 aliphatic rings. The standard InChI is InChI=1S/C18H21FN2O5/c1-26-14-4-2-12(3-5-14)9-21-10-13(8-15(21)22)16(23)20-7-6-18(19,11-20)17(24)25/h2-5,13H,6-11H2,1H3,(H,24,25). The Morgan fingerprint density at radius 3 is 2.62 bits per heavy atom. The van der Waals surface area contributed by atoms with Crippen molar-refractivity contribution in [3.8, 4) is 5.75 Å². The van der Waals surface area contributed by atoms with Gasteiger partial charge in [0.2, 0.25) is 17.5 Å². The van der Waals surface area contributed by atoms with Gasteiger partial charge in [-0.3, -0.25) is 9.59 Å². The smallest absolute Gasteiger partial charge is 0.343 e. The van der Waals surface area contributed by atoms with Crippen molar-refractivity contribution in [1.29, 1.82) is 0 Å². The van der Waals surface area contributed by atoms with Crippen LogP contribution >= 0.6 is 0 Å². The molecular formula is C18H21FN2O5. The summed E-state index contributed by atoms with van der Waals surface area (Å²) in [5.41, 5.74) is -1.47. The summed E-state index contributed by atoms with van der Waals surface area (Å²) in [6.45, 7) is 0.247. The maximum absolute atomic E-state index is 14.2. The largest absolute Gasteiger partial charge is 0.497 e. The van der Waals surface area contributed by atoms with Gasteiger partial charge in [-0.15, -0.1) is 0 Å². The Morgan fingerprint density at radius 2 is 2.04 bits per heavy atom. The molecule has 2 atom stereocenters. The van der Waals surface area contributed by atoms with Gasteiger partial charge in [0.25, 0.3) is 0 Å². The first kappa shape index (κ1) is 18.2. The number of methoxy groups -OCH3 is 1. The van der Waals surface area contributed by atoms with Crippen LogP contribution in [0.2, 0.25) is 0 Å². The number of benzene rings is 1. The average molecular weight is 364 g/mol. The first-order valence-electron chi connectivity index (χ1n) is 8.44. The molecule has 3 rings (SSSR count). The highest BCUT2D eigenvalue weighted by atomic mass is 19.1. The minimum Gasteiger partial charge on any atom is -0.497 e. The topological polar surface area (TPSA) is 87.2 Å². The molecule has 0 aromatic heterocycles. The average Bonchev–Trinajstić information content (AvgIpc) is 3.20. The molecule has 26 heavy (non-hydrogen) atoms. The summed E-state index contributed by atoms with van der Waals surface area (Å²) >= 11 is 0. The number of likely N-dealkylation sites (tertiary alicyclic amines) is 2. The van der Waals surface area contributed by atoms with Gasteiger partial charge in [-0.05, 0) is 17.7 Å². The molecule has 2 amide bonds. The molecule has 0 saturated carbocycles. The Morgan fingerprint density at radius 1 is 1.35 bits per heavy atom. The zero-order chi connectivity index (χ0) is 18.9. The predicted molar refractivity (Wildman–Crippen MR) is 89.2 cm³/mol. The molecule has 1 aromatic carbocycles. The molecule has 0 bridgehead atoms. The lowest BCUT2D eigenvalue weighted by atomic mass is 10.1.